The summed E-state index contributed by atoms with van der Waals surface area (Å²) in [6.07, 6.45) is 1.81. The van der Waals surface area contributed by atoms with E-state index in [1.165, 1.54) is 9.13 Å². The Morgan fingerprint density at radius 3 is 2.47 bits per heavy atom. The van der Waals surface area contributed by atoms with Gasteiger partial charge in [-0.3, -0.25) is 22.9 Å². The van der Waals surface area contributed by atoms with E-state index in [1.54, 1.807) is 42.6 Å². The molecule has 0 unspecified atom stereocenters. The zero-order valence-electron chi connectivity index (χ0n) is 18.5. The van der Waals surface area contributed by atoms with Crippen LogP contribution in [-0.2, 0) is 23.1 Å². The molecule has 168 valence electrons. The summed E-state index contributed by atoms with van der Waals surface area (Å²) in [5, 5.41) is 0. The molecule has 32 heavy (non-hydrogen) atoms. The highest BCUT2D eigenvalue weighted by Crippen LogP contribution is 2.21. The minimum absolute atomic E-state index is 0.164. The summed E-state index contributed by atoms with van der Waals surface area (Å²) in [4.78, 5) is 42.5. The standard InChI is InChI=1S/C22H25N5O5/c1-5-31-12-11-25-19(28)17-18(24(4)22(25)30)23-21-26(17)13-14(3)27(21)16-9-7-15(8-10-16)20(29)32-6-2/h7-10,13H,5-6,11-12H2,1-4H3. The van der Waals surface area contributed by atoms with E-state index in [-0.39, 0.29) is 19.1 Å². The van der Waals surface area contributed by atoms with E-state index in [0.29, 0.717) is 35.7 Å². The number of hydrogen-bond donors (Lipinski definition) is 0. The second kappa shape index (κ2) is 8.46. The fraction of sp³-hybridized carbons (Fsp3) is 0.364. The normalized spacial score (nSPS) is 11.5. The van der Waals surface area contributed by atoms with Crippen LogP contribution in [0.3, 0.4) is 0 Å². The molecule has 0 N–H and O–H groups in total. The second-order valence-corrected chi connectivity index (χ2v) is 7.32. The van der Waals surface area contributed by atoms with Crippen molar-refractivity contribution in [1.29, 1.82) is 0 Å². The lowest BCUT2D eigenvalue weighted by Gasteiger charge is -2.08. The predicted molar refractivity (Wildman–Crippen MR) is 119 cm³/mol. The van der Waals surface area contributed by atoms with Crippen molar-refractivity contribution in [3.8, 4) is 5.69 Å². The average molecular weight is 439 g/mol. The summed E-state index contributed by atoms with van der Waals surface area (Å²) in [7, 11) is 1.60. The summed E-state index contributed by atoms with van der Waals surface area (Å²) in [6.45, 7) is 6.76. The molecule has 10 nitrogen and oxygen atoms in total. The Morgan fingerprint density at radius 1 is 1.09 bits per heavy atom. The molecule has 0 amide bonds. The summed E-state index contributed by atoms with van der Waals surface area (Å²) >= 11 is 0. The molecule has 0 radical (unpaired) electrons. The van der Waals surface area contributed by atoms with E-state index < -0.39 is 11.2 Å². The van der Waals surface area contributed by atoms with Gasteiger partial charge in [-0.1, -0.05) is 0 Å². The lowest BCUT2D eigenvalue weighted by atomic mass is 10.2. The molecule has 0 aliphatic rings. The van der Waals surface area contributed by atoms with Crippen molar-refractivity contribution in [2.24, 2.45) is 7.05 Å². The van der Waals surface area contributed by atoms with Gasteiger partial charge in [-0.2, -0.15) is 4.98 Å². The fourth-order valence-corrected chi connectivity index (χ4v) is 3.79. The van der Waals surface area contributed by atoms with Crippen LogP contribution in [0.15, 0.2) is 40.1 Å². The van der Waals surface area contributed by atoms with Gasteiger partial charge in [0, 0.05) is 31.2 Å². The number of aromatic nitrogens is 5. The molecule has 4 aromatic rings. The Labute approximate surface area is 183 Å². The van der Waals surface area contributed by atoms with Crippen LogP contribution in [0.5, 0.6) is 0 Å². The molecule has 0 saturated heterocycles. The summed E-state index contributed by atoms with van der Waals surface area (Å²) in [5.41, 5.74) is 1.83. The van der Waals surface area contributed by atoms with E-state index in [4.69, 9.17) is 9.47 Å². The van der Waals surface area contributed by atoms with E-state index in [0.717, 1.165) is 11.4 Å². The molecule has 10 heteroatoms. The van der Waals surface area contributed by atoms with Gasteiger partial charge in [0.15, 0.2) is 11.2 Å². The number of fused-ring (bicyclic) bond motifs is 3. The van der Waals surface area contributed by atoms with Gasteiger partial charge < -0.3 is 9.47 Å². The van der Waals surface area contributed by atoms with Crippen molar-refractivity contribution in [2.45, 2.75) is 27.3 Å². The average Bonchev–Trinajstić information content (AvgIpc) is 3.29. The van der Waals surface area contributed by atoms with Gasteiger partial charge in [0.25, 0.3) is 5.56 Å². The number of ether oxygens (including phenoxy) is 2. The molecular weight excluding hydrogens is 414 g/mol. The minimum Gasteiger partial charge on any atom is -0.462 e. The second-order valence-electron chi connectivity index (χ2n) is 7.32. The maximum absolute atomic E-state index is 13.2. The Kier molecular flexibility index (Phi) is 5.70. The van der Waals surface area contributed by atoms with Gasteiger partial charge in [0.2, 0.25) is 5.78 Å². The van der Waals surface area contributed by atoms with Gasteiger partial charge in [0.1, 0.15) is 0 Å². The predicted octanol–water partition coefficient (Wildman–Crippen LogP) is 1.66. The molecule has 0 saturated carbocycles. The molecule has 4 rings (SSSR count). The maximum Gasteiger partial charge on any atom is 0.338 e. The number of rotatable bonds is 7. The van der Waals surface area contributed by atoms with Crippen LogP contribution in [0, 0.1) is 6.92 Å². The first-order valence-electron chi connectivity index (χ1n) is 10.4. The number of nitrogens with zero attached hydrogens (tertiary/aromatic N) is 5. The summed E-state index contributed by atoms with van der Waals surface area (Å²) < 4.78 is 16.5. The number of carbonyl (C=O) groups excluding carboxylic acids is 1. The first-order chi connectivity index (χ1) is 15.4. The third-order valence-electron chi connectivity index (χ3n) is 5.33. The maximum atomic E-state index is 13.2. The first-order valence-corrected chi connectivity index (χ1v) is 10.4. The van der Waals surface area contributed by atoms with Crippen LogP contribution >= 0.6 is 0 Å². The van der Waals surface area contributed by atoms with Gasteiger partial charge in [-0.25, -0.2) is 9.59 Å². The van der Waals surface area contributed by atoms with Crippen molar-refractivity contribution in [3.63, 3.8) is 0 Å². The van der Waals surface area contributed by atoms with Crippen molar-refractivity contribution in [3.05, 3.63) is 62.6 Å². The van der Waals surface area contributed by atoms with Crippen LogP contribution in [-0.4, -0.2) is 48.9 Å². The van der Waals surface area contributed by atoms with Crippen LogP contribution in [0.2, 0.25) is 0 Å². The Balaban J connectivity index is 1.88. The third kappa shape index (κ3) is 3.42. The number of benzene rings is 1. The summed E-state index contributed by atoms with van der Waals surface area (Å²) in [6, 6.07) is 6.95. The number of esters is 1. The Morgan fingerprint density at radius 2 is 1.81 bits per heavy atom. The summed E-state index contributed by atoms with van der Waals surface area (Å²) in [5.74, 6) is 0.110. The third-order valence-corrected chi connectivity index (χ3v) is 5.33. The SMILES string of the molecule is CCOCCn1c(=O)c2c(nc3n(-c4ccc(C(=O)OCC)cc4)c(C)cn23)n(C)c1=O. The topological polar surface area (TPSA) is 102 Å². The minimum atomic E-state index is -0.440. The molecule has 0 fully saturated rings. The fourth-order valence-electron chi connectivity index (χ4n) is 3.79. The largest absolute Gasteiger partial charge is 0.462 e. The van der Waals surface area contributed by atoms with Crippen LogP contribution in [0.1, 0.15) is 29.9 Å². The number of hydrogen-bond acceptors (Lipinski definition) is 6. The Bertz CT molecular complexity index is 1420. The van der Waals surface area contributed by atoms with Crippen LogP contribution < -0.4 is 11.2 Å². The lowest BCUT2D eigenvalue weighted by molar-refractivity contribution is 0.0526. The van der Waals surface area contributed by atoms with E-state index >= 15 is 0 Å². The molecule has 1 aromatic carbocycles. The monoisotopic (exact) mass is 439 g/mol. The molecule has 0 aliphatic heterocycles. The van der Waals surface area contributed by atoms with E-state index in [2.05, 4.69) is 4.98 Å². The molecule has 3 aromatic heterocycles. The molecule has 0 aliphatic carbocycles. The van der Waals surface area contributed by atoms with Gasteiger partial charge in [-0.05, 0) is 45.0 Å². The van der Waals surface area contributed by atoms with Crippen LogP contribution in [0.25, 0.3) is 22.6 Å². The van der Waals surface area contributed by atoms with Gasteiger partial charge >= 0.3 is 11.7 Å². The van der Waals surface area contributed by atoms with E-state index in [1.807, 2.05) is 24.6 Å². The molecule has 0 bridgehead atoms. The number of carbonyl (C=O) groups is 1. The number of aryl methyl sites for hydroxylation is 2. The quantitative estimate of drug-likeness (QED) is 0.321. The zero-order valence-corrected chi connectivity index (χ0v) is 18.5. The molecule has 3 heterocycles. The van der Waals surface area contributed by atoms with E-state index in [9.17, 15) is 14.4 Å². The van der Waals surface area contributed by atoms with Crippen molar-refractivity contribution in [1.82, 2.24) is 23.1 Å². The first kappa shape index (κ1) is 21.6. The molecule has 0 spiro atoms. The number of imidazole rings is 2. The molecule has 0 atom stereocenters. The Hall–Kier alpha value is -3.66. The highest BCUT2D eigenvalue weighted by molar-refractivity contribution is 5.89. The molecular formula is C22H25N5O5. The van der Waals surface area contributed by atoms with Crippen LogP contribution in [0.4, 0.5) is 0 Å². The highest BCUT2D eigenvalue weighted by Gasteiger charge is 2.21. The highest BCUT2D eigenvalue weighted by atomic mass is 16.5. The zero-order chi connectivity index (χ0) is 23.0. The smallest absolute Gasteiger partial charge is 0.338 e. The van der Waals surface area contributed by atoms with Gasteiger partial charge in [0.05, 0.1) is 25.3 Å². The van der Waals surface area contributed by atoms with Gasteiger partial charge in [-0.15, -0.1) is 0 Å². The lowest BCUT2D eigenvalue weighted by Crippen LogP contribution is -2.40. The van der Waals surface area contributed by atoms with Crippen molar-refractivity contribution in [2.75, 3.05) is 19.8 Å². The van der Waals surface area contributed by atoms with Crippen molar-refractivity contribution >= 4 is 22.9 Å². The van der Waals surface area contributed by atoms with Crippen molar-refractivity contribution < 1.29 is 14.3 Å².